The molecule has 0 bridgehead atoms. The highest BCUT2D eigenvalue weighted by Gasteiger charge is 2.50. The molecule has 2 aliphatic heterocycles. The van der Waals surface area contributed by atoms with Crippen LogP contribution in [0.25, 0.3) is 0 Å². The molecule has 0 saturated carbocycles. The number of pyridine rings is 1. The van der Waals surface area contributed by atoms with Crippen molar-refractivity contribution in [2.75, 3.05) is 31.1 Å². The van der Waals surface area contributed by atoms with E-state index in [0.717, 1.165) is 31.6 Å². The maximum absolute atomic E-state index is 12.9. The summed E-state index contributed by atoms with van der Waals surface area (Å²) in [6.45, 7) is 14.6. The maximum atomic E-state index is 12.9. The molecule has 0 unspecified atom stereocenters. The molecule has 2 atom stereocenters. The standard InChI is InChI=1S/C22H36N4O3S/c1-20(2,3)29-19(27)25-12-9-22(10-13-25)16-26(17-8-7-11-23-14-17)15-18(22)24-30(28)21(4,5)6/h7-8,11,14,18,24H,9-10,12-13,15-16H2,1-6H3/t18-,30-/m1/s1. The molecule has 8 heteroatoms. The smallest absolute Gasteiger partial charge is 0.410 e. The molecule has 2 saturated heterocycles. The first-order chi connectivity index (χ1) is 13.9. The Morgan fingerprint density at radius 3 is 2.43 bits per heavy atom. The fraction of sp³-hybridized carbons (Fsp3) is 0.727. The number of ether oxygens (including phenoxy) is 1. The van der Waals surface area contributed by atoms with Crippen LogP contribution in [0.3, 0.4) is 0 Å². The minimum atomic E-state index is -1.15. The Labute approximate surface area is 183 Å². The van der Waals surface area contributed by atoms with E-state index in [1.165, 1.54) is 0 Å². The van der Waals surface area contributed by atoms with Gasteiger partial charge in [0.25, 0.3) is 0 Å². The van der Waals surface area contributed by atoms with E-state index in [-0.39, 0.29) is 22.3 Å². The molecule has 0 radical (unpaired) electrons. The fourth-order valence-electron chi connectivity index (χ4n) is 4.14. The number of aromatic nitrogens is 1. The van der Waals surface area contributed by atoms with Gasteiger partial charge in [0.2, 0.25) is 0 Å². The van der Waals surface area contributed by atoms with Gasteiger partial charge < -0.3 is 14.5 Å². The molecular weight excluding hydrogens is 400 g/mol. The topological polar surface area (TPSA) is 74.8 Å². The van der Waals surface area contributed by atoms with Gasteiger partial charge in [0.15, 0.2) is 0 Å². The van der Waals surface area contributed by atoms with Gasteiger partial charge in [-0.05, 0) is 66.5 Å². The van der Waals surface area contributed by atoms with Crippen LogP contribution in [0.2, 0.25) is 0 Å². The number of amides is 1. The zero-order valence-electron chi connectivity index (χ0n) is 19.1. The molecule has 1 N–H and O–H groups in total. The van der Waals surface area contributed by atoms with Crippen LogP contribution in [0, 0.1) is 5.41 Å². The van der Waals surface area contributed by atoms with Crippen LogP contribution in [-0.4, -0.2) is 62.8 Å². The molecule has 0 aliphatic carbocycles. The number of carbonyl (C=O) groups is 1. The lowest BCUT2D eigenvalue weighted by molar-refractivity contribution is 0.0102. The fourth-order valence-corrected chi connectivity index (χ4v) is 5.08. The Morgan fingerprint density at radius 1 is 1.23 bits per heavy atom. The normalized spacial score (nSPS) is 22.9. The molecule has 2 fully saturated rings. The van der Waals surface area contributed by atoms with E-state index < -0.39 is 16.6 Å². The van der Waals surface area contributed by atoms with E-state index in [2.05, 4.69) is 20.7 Å². The van der Waals surface area contributed by atoms with Crippen molar-refractivity contribution in [2.24, 2.45) is 5.41 Å². The van der Waals surface area contributed by atoms with E-state index in [4.69, 9.17) is 4.74 Å². The Balaban J connectivity index is 1.76. The largest absolute Gasteiger partial charge is 0.444 e. The second-order valence-electron chi connectivity index (χ2n) is 10.5. The van der Waals surface area contributed by atoms with Gasteiger partial charge >= 0.3 is 6.09 Å². The van der Waals surface area contributed by atoms with Crippen molar-refractivity contribution in [3.63, 3.8) is 0 Å². The molecule has 30 heavy (non-hydrogen) atoms. The third kappa shape index (κ3) is 5.32. The first kappa shape index (κ1) is 23.0. The molecule has 1 amide bonds. The van der Waals surface area contributed by atoms with Crippen LogP contribution < -0.4 is 9.62 Å². The number of hydrogen-bond donors (Lipinski definition) is 1. The third-order valence-electron chi connectivity index (χ3n) is 5.88. The number of rotatable bonds is 3. The maximum Gasteiger partial charge on any atom is 0.410 e. The zero-order valence-corrected chi connectivity index (χ0v) is 19.9. The van der Waals surface area contributed by atoms with Crippen LogP contribution >= 0.6 is 0 Å². The lowest BCUT2D eigenvalue weighted by Gasteiger charge is -2.43. The number of likely N-dealkylation sites (tertiary alicyclic amines) is 1. The molecule has 7 nitrogen and oxygen atoms in total. The van der Waals surface area contributed by atoms with Crippen molar-refractivity contribution < 1.29 is 13.7 Å². The molecule has 0 aromatic carbocycles. The number of nitrogens with one attached hydrogen (secondary N) is 1. The molecular formula is C22H36N4O3S. The van der Waals surface area contributed by atoms with Gasteiger partial charge in [-0.2, -0.15) is 0 Å². The van der Waals surface area contributed by atoms with Crippen molar-refractivity contribution in [3.05, 3.63) is 24.5 Å². The summed E-state index contributed by atoms with van der Waals surface area (Å²) >= 11 is 0. The van der Waals surface area contributed by atoms with Gasteiger partial charge in [-0.1, -0.05) is 0 Å². The van der Waals surface area contributed by atoms with Crippen molar-refractivity contribution in [1.82, 2.24) is 14.6 Å². The summed E-state index contributed by atoms with van der Waals surface area (Å²) in [6.07, 6.45) is 5.11. The summed E-state index contributed by atoms with van der Waals surface area (Å²) in [5, 5.41) is 0. The minimum Gasteiger partial charge on any atom is -0.444 e. The highest BCUT2D eigenvalue weighted by atomic mass is 32.2. The molecule has 1 aromatic heterocycles. The minimum absolute atomic E-state index is 0.0464. The van der Waals surface area contributed by atoms with Crippen molar-refractivity contribution >= 4 is 22.8 Å². The summed E-state index contributed by atoms with van der Waals surface area (Å²) in [7, 11) is -1.15. The predicted molar refractivity (Wildman–Crippen MR) is 121 cm³/mol. The van der Waals surface area contributed by atoms with E-state index in [9.17, 15) is 9.00 Å². The van der Waals surface area contributed by atoms with Crippen molar-refractivity contribution in [2.45, 2.75) is 70.8 Å². The average molecular weight is 437 g/mol. The Morgan fingerprint density at radius 2 is 1.90 bits per heavy atom. The first-order valence-corrected chi connectivity index (χ1v) is 11.9. The summed E-state index contributed by atoms with van der Waals surface area (Å²) in [4.78, 5) is 20.9. The lowest BCUT2D eigenvalue weighted by Crippen LogP contribution is -2.54. The van der Waals surface area contributed by atoms with Crippen LogP contribution in [0.4, 0.5) is 10.5 Å². The van der Waals surface area contributed by atoms with Gasteiger partial charge in [-0.3, -0.25) is 4.98 Å². The number of carbonyl (C=O) groups excluding carboxylic acids is 1. The van der Waals surface area contributed by atoms with Gasteiger partial charge in [0.05, 0.1) is 27.6 Å². The molecule has 3 heterocycles. The van der Waals surface area contributed by atoms with Crippen LogP contribution in [0.5, 0.6) is 0 Å². The molecule has 2 aliphatic rings. The molecule has 168 valence electrons. The molecule has 3 rings (SSSR count). The average Bonchev–Trinajstić information content (AvgIpc) is 2.98. The van der Waals surface area contributed by atoms with E-state index >= 15 is 0 Å². The number of piperidine rings is 1. The summed E-state index contributed by atoms with van der Waals surface area (Å²) in [6, 6.07) is 4.10. The van der Waals surface area contributed by atoms with Crippen LogP contribution in [0.15, 0.2) is 24.5 Å². The first-order valence-electron chi connectivity index (χ1n) is 10.7. The Bertz CT molecular complexity index is 765. The second-order valence-corrected chi connectivity index (χ2v) is 12.5. The molecule has 1 aromatic rings. The summed E-state index contributed by atoms with van der Waals surface area (Å²) < 4.78 is 21.6. The van der Waals surface area contributed by atoms with E-state index in [0.29, 0.717) is 13.1 Å². The van der Waals surface area contributed by atoms with Gasteiger partial charge in [-0.15, -0.1) is 0 Å². The Hall–Kier alpha value is -1.67. The number of nitrogens with zero attached hydrogens (tertiary/aromatic N) is 3. The summed E-state index contributed by atoms with van der Waals surface area (Å²) in [5.74, 6) is 0. The molecule has 1 spiro atoms. The van der Waals surface area contributed by atoms with Crippen LogP contribution in [-0.2, 0) is 15.7 Å². The zero-order chi connectivity index (χ0) is 22.2. The predicted octanol–water partition coefficient (Wildman–Crippen LogP) is 3.34. The second kappa shape index (κ2) is 8.46. The van der Waals surface area contributed by atoms with E-state index in [1.807, 2.05) is 53.8 Å². The number of anilines is 1. The highest BCUT2D eigenvalue weighted by molar-refractivity contribution is 7.84. The van der Waals surface area contributed by atoms with Crippen LogP contribution in [0.1, 0.15) is 54.4 Å². The van der Waals surface area contributed by atoms with Crippen molar-refractivity contribution in [3.8, 4) is 0 Å². The van der Waals surface area contributed by atoms with Gasteiger partial charge in [0.1, 0.15) is 5.60 Å². The van der Waals surface area contributed by atoms with Gasteiger partial charge in [0, 0.05) is 43.8 Å². The number of hydrogen-bond acceptors (Lipinski definition) is 5. The summed E-state index contributed by atoms with van der Waals surface area (Å²) in [5.41, 5.74) is 0.539. The SMILES string of the molecule is CC(C)(C)OC(=O)N1CCC2(CC1)CN(c1cccnc1)C[C@H]2N[S@](=O)C(C)(C)C. The third-order valence-corrected chi connectivity index (χ3v) is 7.49. The van der Waals surface area contributed by atoms with Gasteiger partial charge in [-0.25, -0.2) is 13.7 Å². The monoisotopic (exact) mass is 436 g/mol. The van der Waals surface area contributed by atoms with E-state index in [1.54, 1.807) is 11.1 Å². The highest BCUT2D eigenvalue weighted by Crippen LogP contribution is 2.42. The Kier molecular flexibility index (Phi) is 6.49. The van der Waals surface area contributed by atoms with Crippen molar-refractivity contribution in [1.29, 1.82) is 0 Å². The quantitative estimate of drug-likeness (QED) is 0.787. The lowest BCUT2D eigenvalue weighted by atomic mass is 9.75.